The summed E-state index contributed by atoms with van der Waals surface area (Å²) in [6.45, 7) is 0. The van der Waals surface area contributed by atoms with Crippen molar-refractivity contribution in [2.45, 2.75) is 12.5 Å². The molecular formula is C28H19FN4. The van der Waals surface area contributed by atoms with Crippen molar-refractivity contribution >= 4 is 5.71 Å². The van der Waals surface area contributed by atoms with Gasteiger partial charge in [-0.3, -0.25) is 9.98 Å². The van der Waals surface area contributed by atoms with Gasteiger partial charge in [-0.15, -0.1) is 0 Å². The van der Waals surface area contributed by atoms with Crippen molar-refractivity contribution in [2.75, 3.05) is 0 Å². The molecule has 3 aromatic carbocycles. The Labute approximate surface area is 191 Å². The molecular weight excluding hydrogens is 411 g/mol. The molecule has 33 heavy (non-hydrogen) atoms. The van der Waals surface area contributed by atoms with E-state index in [9.17, 15) is 9.65 Å². The van der Waals surface area contributed by atoms with Gasteiger partial charge in [-0.2, -0.15) is 10.5 Å². The molecule has 0 saturated heterocycles. The fourth-order valence-electron chi connectivity index (χ4n) is 3.48. The van der Waals surface area contributed by atoms with Crippen molar-refractivity contribution in [2.24, 2.45) is 4.99 Å². The largest absolute Gasteiger partial charge is 0.265 e. The van der Waals surface area contributed by atoms with Crippen LogP contribution in [0.25, 0.3) is 11.1 Å². The molecule has 0 radical (unpaired) electrons. The summed E-state index contributed by atoms with van der Waals surface area (Å²) < 4.78 is 14.9. The number of benzene rings is 3. The summed E-state index contributed by atoms with van der Waals surface area (Å²) in [6.07, 6.45) is 1.63. The van der Waals surface area contributed by atoms with Crippen LogP contribution in [-0.4, -0.2) is 16.7 Å². The molecule has 4 rings (SSSR count). The molecule has 1 unspecified atom stereocenters. The lowest BCUT2D eigenvalue weighted by Gasteiger charge is -2.12. The van der Waals surface area contributed by atoms with Gasteiger partial charge in [-0.25, -0.2) is 4.39 Å². The Kier molecular flexibility index (Phi) is 6.64. The first-order valence-corrected chi connectivity index (χ1v) is 10.4. The maximum absolute atomic E-state index is 14.9. The van der Waals surface area contributed by atoms with Gasteiger partial charge in [0.1, 0.15) is 11.9 Å². The van der Waals surface area contributed by atoms with Crippen LogP contribution in [0.3, 0.4) is 0 Å². The number of nitriles is 2. The van der Waals surface area contributed by atoms with Crippen molar-refractivity contribution in [1.29, 1.82) is 10.5 Å². The average Bonchev–Trinajstić information content (AvgIpc) is 2.88. The lowest BCUT2D eigenvalue weighted by molar-refractivity contribution is 0.592. The lowest BCUT2D eigenvalue weighted by atomic mass is 10.0. The third kappa shape index (κ3) is 5.18. The molecule has 5 heteroatoms. The first-order valence-electron chi connectivity index (χ1n) is 10.4. The third-order valence-corrected chi connectivity index (χ3v) is 5.18. The molecule has 1 aromatic heterocycles. The van der Waals surface area contributed by atoms with Crippen molar-refractivity contribution in [3.05, 3.63) is 125 Å². The van der Waals surface area contributed by atoms with Crippen molar-refractivity contribution in [3.63, 3.8) is 0 Å². The van der Waals surface area contributed by atoms with Gasteiger partial charge in [0.2, 0.25) is 0 Å². The zero-order chi connectivity index (χ0) is 23.0. The average molecular weight is 430 g/mol. The summed E-state index contributed by atoms with van der Waals surface area (Å²) in [6, 6.07) is 30.9. The molecule has 0 bridgehead atoms. The standard InChI is InChI=1S/C28H19FN4/c29-26-15-24(21-13-11-20(17-30)12-14-21)19-32-27(26)16-25(18-31)33-28(22-7-3-1-4-8-22)23-9-5-2-6-10-23/h1-15,19,25H,16H2. The highest BCUT2D eigenvalue weighted by Gasteiger charge is 2.16. The van der Waals surface area contributed by atoms with E-state index in [4.69, 9.17) is 5.26 Å². The van der Waals surface area contributed by atoms with E-state index in [0.29, 0.717) is 16.8 Å². The molecule has 0 N–H and O–H groups in total. The van der Waals surface area contributed by atoms with Gasteiger partial charge in [0.25, 0.3) is 0 Å². The number of rotatable bonds is 6. The van der Waals surface area contributed by atoms with Crippen molar-refractivity contribution < 1.29 is 4.39 Å². The second kappa shape index (κ2) is 10.1. The Morgan fingerprint density at radius 3 is 1.97 bits per heavy atom. The quantitative estimate of drug-likeness (QED) is 0.367. The van der Waals surface area contributed by atoms with Crippen LogP contribution in [0.15, 0.2) is 102 Å². The second-order valence-corrected chi connectivity index (χ2v) is 7.40. The normalized spacial score (nSPS) is 11.1. The fraction of sp³-hybridized carbons (Fsp3) is 0.0714. The van der Waals surface area contributed by atoms with E-state index in [1.165, 1.54) is 6.07 Å². The number of aliphatic imine (C=N–C) groups is 1. The molecule has 0 fully saturated rings. The highest BCUT2D eigenvalue weighted by atomic mass is 19.1. The molecule has 0 spiro atoms. The fourth-order valence-corrected chi connectivity index (χ4v) is 3.48. The molecule has 4 nitrogen and oxygen atoms in total. The predicted molar refractivity (Wildman–Crippen MR) is 126 cm³/mol. The van der Waals surface area contributed by atoms with Crippen LogP contribution in [0.4, 0.5) is 4.39 Å². The zero-order valence-electron chi connectivity index (χ0n) is 17.7. The SMILES string of the molecule is N#Cc1ccc(-c2cnc(CC(C#N)N=C(c3ccccc3)c3ccccc3)c(F)c2)cc1. The Hall–Kier alpha value is -4.61. The van der Waals surface area contributed by atoms with Crippen LogP contribution in [0, 0.1) is 28.5 Å². The topological polar surface area (TPSA) is 72.8 Å². The van der Waals surface area contributed by atoms with Gasteiger partial charge in [0, 0.05) is 29.3 Å². The number of aromatic nitrogens is 1. The summed E-state index contributed by atoms with van der Waals surface area (Å²) in [7, 11) is 0. The minimum Gasteiger partial charge on any atom is -0.265 e. The Morgan fingerprint density at radius 1 is 0.848 bits per heavy atom. The molecule has 158 valence electrons. The maximum Gasteiger partial charge on any atom is 0.145 e. The Morgan fingerprint density at radius 2 is 1.45 bits per heavy atom. The van der Waals surface area contributed by atoms with E-state index in [0.717, 1.165) is 16.7 Å². The van der Waals surface area contributed by atoms with E-state index in [1.807, 2.05) is 60.7 Å². The third-order valence-electron chi connectivity index (χ3n) is 5.18. The zero-order valence-corrected chi connectivity index (χ0v) is 17.7. The Balaban J connectivity index is 1.63. The molecule has 0 aliphatic carbocycles. The summed E-state index contributed by atoms with van der Waals surface area (Å²) in [5, 5.41) is 18.7. The smallest absolute Gasteiger partial charge is 0.145 e. The summed E-state index contributed by atoms with van der Waals surface area (Å²) in [4.78, 5) is 8.97. The minimum absolute atomic E-state index is 0.0547. The minimum atomic E-state index is -0.803. The predicted octanol–water partition coefficient (Wildman–Crippen LogP) is 5.73. The number of nitrogens with zero attached hydrogens (tertiary/aromatic N) is 4. The maximum atomic E-state index is 14.9. The van der Waals surface area contributed by atoms with E-state index >= 15 is 0 Å². The van der Waals surface area contributed by atoms with Gasteiger partial charge in [0.05, 0.1) is 29.1 Å². The van der Waals surface area contributed by atoms with Crippen LogP contribution in [-0.2, 0) is 6.42 Å². The molecule has 4 aromatic rings. The number of hydrogen-bond donors (Lipinski definition) is 0. The summed E-state index contributed by atoms with van der Waals surface area (Å²) in [5.41, 5.74) is 4.53. The van der Waals surface area contributed by atoms with E-state index < -0.39 is 11.9 Å². The van der Waals surface area contributed by atoms with Crippen LogP contribution in [0.5, 0.6) is 0 Å². The second-order valence-electron chi connectivity index (χ2n) is 7.40. The Bertz CT molecular complexity index is 1310. The van der Waals surface area contributed by atoms with Crippen LogP contribution < -0.4 is 0 Å². The molecule has 1 atom stereocenters. The van der Waals surface area contributed by atoms with Crippen LogP contribution in [0.2, 0.25) is 0 Å². The molecule has 0 aliphatic heterocycles. The summed E-state index contributed by atoms with van der Waals surface area (Å²) >= 11 is 0. The van der Waals surface area contributed by atoms with Gasteiger partial charge >= 0.3 is 0 Å². The number of pyridine rings is 1. The van der Waals surface area contributed by atoms with Gasteiger partial charge in [-0.05, 0) is 23.8 Å². The van der Waals surface area contributed by atoms with Crippen LogP contribution in [0.1, 0.15) is 22.4 Å². The van der Waals surface area contributed by atoms with E-state index in [2.05, 4.69) is 22.1 Å². The first-order chi connectivity index (χ1) is 16.2. The lowest BCUT2D eigenvalue weighted by Crippen LogP contribution is -2.14. The van der Waals surface area contributed by atoms with Gasteiger partial charge in [0.15, 0.2) is 0 Å². The highest BCUT2D eigenvalue weighted by molar-refractivity contribution is 6.13. The van der Waals surface area contributed by atoms with E-state index in [-0.39, 0.29) is 12.1 Å². The number of halogens is 1. The first kappa shape index (κ1) is 21.6. The van der Waals surface area contributed by atoms with Gasteiger partial charge in [-0.1, -0.05) is 72.8 Å². The molecule has 1 heterocycles. The van der Waals surface area contributed by atoms with Gasteiger partial charge < -0.3 is 0 Å². The van der Waals surface area contributed by atoms with E-state index in [1.54, 1.807) is 30.5 Å². The monoisotopic (exact) mass is 430 g/mol. The highest BCUT2D eigenvalue weighted by Crippen LogP contribution is 2.22. The molecule has 0 aliphatic rings. The molecule has 0 saturated carbocycles. The van der Waals surface area contributed by atoms with Crippen molar-refractivity contribution in [1.82, 2.24) is 4.98 Å². The van der Waals surface area contributed by atoms with Crippen LogP contribution >= 0.6 is 0 Å². The van der Waals surface area contributed by atoms with Crippen molar-refractivity contribution in [3.8, 4) is 23.3 Å². The summed E-state index contributed by atoms with van der Waals surface area (Å²) in [5.74, 6) is -0.492. The molecule has 0 amide bonds. The number of hydrogen-bond acceptors (Lipinski definition) is 4.